The van der Waals surface area contributed by atoms with Crippen LogP contribution in [0.15, 0.2) is 18.2 Å². The van der Waals surface area contributed by atoms with Gasteiger partial charge in [-0.05, 0) is 37.1 Å². The van der Waals surface area contributed by atoms with Crippen molar-refractivity contribution in [1.29, 1.82) is 0 Å². The van der Waals surface area contributed by atoms with E-state index in [-0.39, 0.29) is 6.61 Å². The number of hydrogen-bond acceptors (Lipinski definition) is 3. The molecule has 1 amide bonds. The first kappa shape index (κ1) is 13.0. The van der Waals surface area contributed by atoms with Crippen LogP contribution < -0.4 is 10.1 Å². The van der Waals surface area contributed by atoms with Gasteiger partial charge in [0.2, 0.25) is 0 Å². The number of carboxylic acid groups (broad SMARTS) is 1. The van der Waals surface area contributed by atoms with Gasteiger partial charge in [-0.25, -0.2) is 0 Å². The maximum absolute atomic E-state index is 11.2. The summed E-state index contributed by atoms with van der Waals surface area (Å²) in [7, 11) is 0. The second kappa shape index (κ2) is 5.89. The van der Waals surface area contributed by atoms with Gasteiger partial charge in [0.15, 0.2) is 6.61 Å². The highest BCUT2D eigenvalue weighted by atomic mass is 16.5. The van der Waals surface area contributed by atoms with Crippen LogP contribution in [0.5, 0.6) is 5.75 Å². The maximum Gasteiger partial charge on any atom is 0.322 e. The van der Waals surface area contributed by atoms with Crippen LogP contribution in [0.2, 0.25) is 0 Å². The molecule has 0 bridgehead atoms. The normalized spacial score (nSPS) is 9.76. The van der Waals surface area contributed by atoms with Crippen LogP contribution >= 0.6 is 0 Å². The highest BCUT2D eigenvalue weighted by molar-refractivity contribution is 5.82. The molecule has 1 aromatic carbocycles. The Kier molecular flexibility index (Phi) is 4.51. The second-order valence-electron chi connectivity index (χ2n) is 3.78. The molecular formula is C12H15NO4. The standard InChI is InChI=1S/C12H15NO4/c1-8-3-9(2)5-10(4-8)17-7-11(14)13-6-12(15)16/h3-5H,6-7H2,1-2H3,(H,13,14)(H,15,16). The molecule has 0 aliphatic heterocycles. The van der Waals surface area contributed by atoms with E-state index in [1.54, 1.807) is 0 Å². The van der Waals surface area contributed by atoms with Gasteiger partial charge in [-0.15, -0.1) is 0 Å². The molecule has 0 aliphatic carbocycles. The fraction of sp³-hybridized carbons (Fsp3) is 0.333. The largest absolute Gasteiger partial charge is 0.484 e. The molecule has 0 aromatic heterocycles. The minimum atomic E-state index is -1.08. The quantitative estimate of drug-likeness (QED) is 0.797. The summed E-state index contributed by atoms with van der Waals surface area (Å²) < 4.78 is 5.26. The molecule has 0 unspecified atom stereocenters. The number of amides is 1. The van der Waals surface area contributed by atoms with Crippen molar-refractivity contribution in [3.8, 4) is 5.75 Å². The van der Waals surface area contributed by atoms with Gasteiger partial charge in [0.25, 0.3) is 5.91 Å². The molecule has 0 heterocycles. The number of ether oxygens (including phenoxy) is 1. The van der Waals surface area contributed by atoms with E-state index in [4.69, 9.17) is 9.84 Å². The van der Waals surface area contributed by atoms with Gasteiger partial charge in [0.05, 0.1) is 0 Å². The molecule has 17 heavy (non-hydrogen) atoms. The fourth-order valence-corrected chi connectivity index (χ4v) is 1.39. The minimum Gasteiger partial charge on any atom is -0.484 e. The third kappa shape index (κ3) is 5.01. The highest BCUT2D eigenvalue weighted by Gasteiger charge is 2.05. The van der Waals surface area contributed by atoms with E-state index in [2.05, 4.69) is 5.32 Å². The lowest BCUT2D eigenvalue weighted by atomic mass is 10.1. The van der Waals surface area contributed by atoms with Crippen molar-refractivity contribution in [2.24, 2.45) is 0 Å². The van der Waals surface area contributed by atoms with Crippen molar-refractivity contribution in [3.63, 3.8) is 0 Å². The van der Waals surface area contributed by atoms with Gasteiger partial charge >= 0.3 is 5.97 Å². The molecule has 0 saturated heterocycles. The Morgan fingerprint density at radius 2 is 1.82 bits per heavy atom. The van der Waals surface area contributed by atoms with Crippen molar-refractivity contribution >= 4 is 11.9 Å². The molecule has 0 radical (unpaired) electrons. The molecule has 1 rings (SSSR count). The number of carboxylic acids is 1. The van der Waals surface area contributed by atoms with Gasteiger partial charge in [-0.3, -0.25) is 9.59 Å². The zero-order valence-corrected chi connectivity index (χ0v) is 9.82. The average Bonchev–Trinajstić information content (AvgIpc) is 2.22. The van der Waals surface area contributed by atoms with E-state index in [0.717, 1.165) is 11.1 Å². The maximum atomic E-state index is 11.2. The summed E-state index contributed by atoms with van der Waals surface area (Å²) in [5.74, 6) is -0.927. The summed E-state index contributed by atoms with van der Waals surface area (Å²) in [5, 5.41) is 10.6. The number of rotatable bonds is 5. The van der Waals surface area contributed by atoms with Crippen molar-refractivity contribution in [1.82, 2.24) is 5.32 Å². The Bertz CT molecular complexity index is 408. The Labute approximate surface area is 99.4 Å². The van der Waals surface area contributed by atoms with E-state index in [0.29, 0.717) is 5.75 Å². The third-order valence-corrected chi connectivity index (χ3v) is 2.00. The smallest absolute Gasteiger partial charge is 0.322 e. The lowest BCUT2D eigenvalue weighted by Gasteiger charge is -2.07. The first-order valence-electron chi connectivity index (χ1n) is 5.17. The number of hydrogen-bond donors (Lipinski definition) is 2. The van der Waals surface area contributed by atoms with Crippen LogP contribution in [-0.2, 0) is 9.59 Å². The molecule has 0 spiro atoms. The van der Waals surface area contributed by atoms with Crippen LogP contribution in [0.3, 0.4) is 0 Å². The molecule has 2 N–H and O–H groups in total. The van der Waals surface area contributed by atoms with Gasteiger partial charge < -0.3 is 15.2 Å². The lowest BCUT2D eigenvalue weighted by Crippen LogP contribution is -2.33. The lowest BCUT2D eigenvalue weighted by molar-refractivity contribution is -0.138. The Morgan fingerprint density at radius 3 is 2.35 bits per heavy atom. The van der Waals surface area contributed by atoms with Gasteiger partial charge in [-0.2, -0.15) is 0 Å². The monoisotopic (exact) mass is 237 g/mol. The van der Waals surface area contributed by atoms with Crippen LogP contribution in [0.4, 0.5) is 0 Å². The van der Waals surface area contributed by atoms with Crippen LogP contribution in [0.25, 0.3) is 0 Å². The summed E-state index contributed by atoms with van der Waals surface area (Å²) in [6.45, 7) is 3.29. The molecule has 92 valence electrons. The van der Waals surface area contributed by atoms with E-state index in [1.807, 2.05) is 32.0 Å². The van der Waals surface area contributed by atoms with Gasteiger partial charge in [-0.1, -0.05) is 6.07 Å². The van der Waals surface area contributed by atoms with Crippen molar-refractivity contribution in [3.05, 3.63) is 29.3 Å². The summed E-state index contributed by atoms with van der Waals surface area (Å²) in [6.07, 6.45) is 0. The van der Waals surface area contributed by atoms with E-state index >= 15 is 0 Å². The van der Waals surface area contributed by atoms with Crippen LogP contribution in [0, 0.1) is 13.8 Å². The Hall–Kier alpha value is -2.04. The van der Waals surface area contributed by atoms with Crippen LogP contribution in [-0.4, -0.2) is 30.1 Å². The summed E-state index contributed by atoms with van der Waals surface area (Å²) in [6, 6.07) is 5.63. The Balaban J connectivity index is 2.44. The number of nitrogens with one attached hydrogen (secondary N) is 1. The fourth-order valence-electron chi connectivity index (χ4n) is 1.39. The van der Waals surface area contributed by atoms with Crippen molar-refractivity contribution in [2.45, 2.75) is 13.8 Å². The predicted octanol–water partition coefficient (Wildman–Crippen LogP) is 0.883. The van der Waals surface area contributed by atoms with Gasteiger partial charge in [0, 0.05) is 0 Å². The van der Waals surface area contributed by atoms with Crippen molar-refractivity contribution in [2.75, 3.05) is 13.2 Å². The first-order chi connectivity index (χ1) is 7.97. The van der Waals surface area contributed by atoms with E-state index in [1.165, 1.54) is 0 Å². The zero-order valence-electron chi connectivity index (χ0n) is 9.82. The molecule has 0 fully saturated rings. The molecular weight excluding hydrogens is 222 g/mol. The molecule has 1 aromatic rings. The van der Waals surface area contributed by atoms with Crippen LogP contribution in [0.1, 0.15) is 11.1 Å². The SMILES string of the molecule is Cc1cc(C)cc(OCC(=O)NCC(=O)O)c1. The van der Waals surface area contributed by atoms with E-state index < -0.39 is 18.4 Å². The zero-order chi connectivity index (χ0) is 12.8. The third-order valence-electron chi connectivity index (χ3n) is 2.00. The highest BCUT2D eigenvalue weighted by Crippen LogP contribution is 2.15. The second-order valence-corrected chi connectivity index (χ2v) is 3.78. The minimum absolute atomic E-state index is 0.184. The summed E-state index contributed by atoms with van der Waals surface area (Å²) >= 11 is 0. The van der Waals surface area contributed by atoms with Crippen molar-refractivity contribution < 1.29 is 19.4 Å². The molecule has 5 heteroatoms. The first-order valence-corrected chi connectivity index (χ1v) is 5.17. The number of carbonyl (C=O) groups is 2. The molecule has 0 aliphatic rings. The molecule has 0 atom stereocenters. The molecule has 0 saturated carbocycles. The summed E-state index contributed by atoms with van der Waals surface area (Å²) in [4.78, 5) is 21.4. The number of benzene rings is 1. The van der Waals surface area contributed by atoms with E-state index in [9.17, 15) is 9.59 Å². The topological polar surface area (TPSA) is 75.6 Å². The predicted molar refractivity (Wildman–Crippen MR) is 62.1 cm³/mol. The number of carbonyl (C=O) groups excluding carboxylic acids is 1. The number of aliphatic carboxylic acids is 1. The Morgan fingerprint density at radius 1 is 1.24 bits per heavy atom. The molecule has 5 nitrogen and oxygen atoms in total. The number of aryl methyl sites for hydroxylation is 2. The average molecular weight is 237 g/mol. The summed E-state index contributed by atoms with van der Waals surface area (Å²) in [5.41, 5.74) is 2.09. The van der Waals surface area contributed by atoms with Gasteiger partial charge in [0.1, 0.15) is 12.3 Å².